The zero-order valence-electron chi connectivity index (χ0n) is 9.83. The van der Waals surface area contributed by atoms with Crippen LogP contribution in [0.2, 0.25) is 4.34 Å². The molecule has 104 valence electrons. The molecule has 20 heavy (non-hydrogen) atoms. The number of anilines is 1. The van der Waals surface area contributed by atoms with E-state index >= 15 is 0 Å². The summed E-state index contributed by atoms with van der Waals surface area (Å²) in [6.07, 6.45) is -4.54. The number of thiophene rings is 1. The SMILES string of the molecule is N#Cc1ccc(C(F)(F)F)nc1NCc1ccc(Cl)s1. The lowest BCUT2D eigenvalue weighted by molar-refractivity contribution is -0.141. The number of aromatic nitrogens is 1. The topological polar surface area (TPSA) is 48.7 Å². The minimum atomic E-state index is -4.54. The van der Waals surface area contributed by atoms with Gasteiger partial charge in [-0.2, -0.15) is 18.4 Å². The molecule has 0 aliphatic rings. The van der Waals surface area contributed by atoms with Crippen LogP contribution in [0, 0.1) is 11.3 Å². The molecule has 0 aliphatic carbocycles. The number of halogens is 4. The predicted octanol–water partition coefficient (Wildman–Crippen LogP) is 4.30. The van der Waals surface area contributed by atoms with Gasteiger partial charge in [0.05, 0.1) is 16.4 Å². The molecule has 0 aliphatic heterocycles. The minimum absolute atomic E-state index is 0.0562. The molecule has 0 unspecified atom stereocenters. The van der Waals surface area contributed by atoms with E-state index in [1.54, 1.807) is 18.2 Å². The zero-order valence-corrected chi connectivity index (χ0v) is 11.4. The van der Waals surface area contributed by atoms with Gasteiger partial charge >= 0.3 is 6.18 Å². The molecule has 8 heteroatoms. The van der Waals surface area contributed by atoms with Crippen molar-refractivity contribution < 1.29 is 13.2 Å². The third kappa shape index (κ3) is 3.40. The van der Waals surface area contributed by atoms with E-state index in [1.807, 2.05) is 0 Å². The fourth-order valence-electron chi connectivity index (χ4n) is 1.46. The summed E-state index contributed by atoms with van der Waals surface area (Å²) < 4.78 is 38.3. The summed E-state index contributed by atoms with van der Waals surface area (Å²) in [5.41, 5.74) is -0.983. The Hall–Kier alpha value is -1.78. The van der Waals surface area contributed by atoms with Crippen molar-refractivity contribution in [2.45, 2.75) is 12.7 Å². The van der Waals surface area contributed by atoms with Gasteiger partial charge in [-0.1, -0.05) is 11.6 Å². The summed E-state index contributed by atoms with van der Waals surface area (Å²) in [4.78, 5) is 4.28. The molecule has 0 fully saturated rings. The molecule has 2 aromatic rings. The summed E-state index contributed by atoms with van der Waals surface area (Å²) in [5, 5.41) is 11.6. The number of nitrogens with one attached hydrogen (secondary N) is 1. The van der Waals surface area contributed by atoms with E-state index in [0.29, 0.717) is 4.34 Å². The van der Waals surface area contributed by atoms with Crippen LogP contribution >= 0.6 is 22.9 Å². The summed E-state index contributed by atoms with van der Waals surface area (Å²) in [5.74, 6) is -0.0909. The predicted molar refractivity (Wildman–Crippen MR) is 70.6 cm³/mol. The van der Waals surface area contributed by atoms with Crippen LogP contribution in [0.5, 0.6) is 0 Å². The monoisotopic (exact) mass is 317 g/mol. The molecule has 2 aromatic heterocycles. The van der Waals surface area contributed by atoms with E-state index in [1.165, 1.54) is 11.3 Å². The van der Waals surface area contributed by atoms with Crippen LogP contribution in [0.3, 0.4) is 0 Å². The first-order valence-corrected chi connectivity index (χ1v) is 6.56. The third-order valence-corrected chi connectivity index (χ3v) is 3.60. The molecule has 0 saturated carbocycles. The maximum Gasteiger partial charge on any atom is 0.433 e. The summed E-state index contributed by atoms with van der Waals surface area (Å²) in [6, 6.07) is 7.12. The van der Waals surface area contributed by atoms with Crippen LogP contribution in [-0.2, 0) is 12.7 Å². The molecule has 0 bridgehead atoms. The lowest BCUT2D eigenvalue weighted by Gasteiger charge is -2.10. The highest BCUT2D eigenvalue weighted by Gasteiger charge is 2.33. The molecule has 0 spiro atoms. The molecule has 0 saturated heterocycles. The van der Waals surface area contributed by atoms with Gasteiger partial charge in [0, 0.05) is 4.88 Å². The first-order valence-electron chi connectivity index (χ1n) is 5.36. The average molecular weight is 318 g/mol. The quantitative estimate of drug-likeness (QED) is 0.918. The first kappa shape index (κ1) is 14.6. The Morgan fingerprint density at radius 3 is 2.60 bits per heavy atom. The molecule has 0 aromatic carbocycles. The van der Waals surface area contributed by atoms with Crippen LogP contribution in [0.25, 0.3) is 0 Å². The number of pyridine rings is 1. The lowest BCUT2D eigenvalue weighted by atomic mass is 10.2. The lowest BCUT2D eigenvalue weighted by Crippen LogP contribution is -2.11. The maximum atomic E-state index is 12.6. The van der Waals surface area contributed by atoms with Crippen molar-refractivity contribution >= 4 is 28.8 Å². The molecule has 0 atom stereocenters. The summed E-state index contributed by atoms with van der Waals surface area (Å²) >= 11 is 7.06. The highest BCUT2D eigenvalue weighted by molar-refractivity contribution is 7.16. The molecule has 3 nitrogen and oxygen atoms in total. The average Bonchev–Trinajstić information content (AvgIpc) is 2.80. The van der Waals surface area contributed by atoms with Crippen molar-refractivity contribution in [2.24, 2.45) is 0 Å². The van der Waals surface area contributed by atoms with Gasteiger partial charge in [-0.15, -0.1) is 11.3 Å². The Labute approximate surface area is 121 Å². The van der Waals surface area contributed by atoms with Crippen LogP contribution in [-0.4, -0.2) is 4.98 Å². The Bertz CT molecular complexity index is 661. The van der Waals surface area contributed by atoms with E-state index in [2.05, 4.69) is 10.3 Å². The molecule has 2 heterocycles. The fourth-order valence-corrected chi connectivity index (χ4v) is 2.49. The Morgan fingerprint density at radius 1 is 1.30 bits per heavy atom. The van der Waals surface area contributed by atoms with Crippen molar-refractivity contribution in [3.05, 3.63) is 44.7 Å². The van der Waals surface area contributed by atoms with Gasteiger partial charge in [0.15, 0.2) is 0 Å². The third-order valence-electron chi connectivity index (χ3n) is 2.37. The highest BCUT2D eigenvalue weighted by Crippen LogP contribution is 2.29. The number of rotatable bonds is 3. The minimum Gasteiger partial charge on any atom is -0.364 e. The van der Waals surface area contributed by atoms with Gasteiger partial charge in [0.25, 0.3) is 0 Å². The second-order valence-electron chi connectivity index (χ2n) is 3.76. The number of hydrogen-bond donors (Lipinski definition) is 1. The highest BCUT2D eigenvalue weighted by atomic mass is 35.5. The van der Waals surface area contributed by atoms with E-state index in [4.69, 9.17) is 16.9 Å². The van der Waals surface area contributed by atoms with Crippen molar-refractivity contribution in [3.8, 4) is 6.07 Å². The van der Waals surface area contributed by atoms with Gasteiger partial charge in [0.1, 0.15) is 17.6 Å². The second kappa shape index (κ2) is 5.69. The van der Waals surface area contributed by atoms with Crippen LogP contribution < -0.4 is 5.32 Å². The van der Waals surface area contributed by atoms with Crippen molar-refractivity contribution in [2.75, 3.05) is 5.32 Å². The molecule has 1 N–H and O–H groups in total. The number of alkyl halides is 3. The Balaban J connectivity index is 2.23. The molecular formula is C12H7ClF3N3S. The molecule has 0 amide bonds. The van der Waals surface area contributed by atoms with Gasteiger partial charge in [-0.05, 0) is 24.3 Å². The van der Waals surface area contributed by atoms with Crippen molar-refractivity contribution in [1.29, 1.82) is 5.26 Å². The largest absolute Gasteiger partial charge is 0.433 e. The van der Waals surface area contributed by atoms with Gasteiger partial charge in [0.2, 0.25) is 0 Å². The molecule has 2 rings (SSSR count). The fraction of sp³-hybridized carbons (Fsp3) is 0.167. The number of hydrogen-bond acceptors (Lipinski definition) is 4. The normalized spacial score (nSPS) is 11.2. The van der Waals surface area contributed by atoms with Crippen LogP contribution in [0.1, 0.15) is 16.1 Å². The second-order valence-corrected chi connectivity index (χ2v) is 5.56. The van der Waals surface area contributed by atoms with Gasteiger partial charge < -0.3 is 5.32 Å². The Kier molecular flexibility index (Phi) is 4.16. The molecular weight excluding hydrogens is 311 g/mol. The van der Waals surface area contributed by atoms with Crippen LogP contribution in [0.4, 0.5) is 19.0 Å². The van der Waals surface area contributed by atoms with Gasteiger partial charge in [-0.3, -0.25) is 0 Å². The molecule has 0 radical (unpaired) electrons. The van der Waals surface area contributed by atoms with E-state index in [0.717, 1.165) is 17.0 Å². The van der Waals surface area contributed by atoms with Crippen molar-refractivity contribution in [1.82, 2.24) is 4.98 Å². The first-order chi connectivity index (χ1) is 9.40. The summed E-state index contributed by atoms with van der Waals surface area (Å²) in [6.45, 7) is 0.250. The Morgan fingerprint density at radius 2 is 2.05 bits per heavy atom. The number of nitriles is 1. The summed E-state index contributed by atoms with van der Waals surface area (Å²) in [7, 11) is 0. The van der Waals surface area contributed by atoms with Gasteiger partial charge in [-0.25, -0.2) is 4.98 Å². The van der Waals surface area contributed by atoms with E-state index in [-0.39, 0.29) is 17.9 Å². The zero-order chi connectivity index (χ0) is 14.8. The van der Waals surface area contributed by atoms with E-state index < -0.39 is 11.9 Å². The van der Waals surface area contributed by atoms with Crippen molar-refractivity contribution in [3.63, 3.8) is 0 Å². The van der Waals surface area contributed by atoms with Crippen LogP contribution in [0.15, 0.2) is 24.3 Å². The standard InChI is InChI=1S/C12H7ClF3N3S/c13-10-4-2-8(20-10)6-18-11-7(5-17)1-3-9(19-11)12(14,15)16/h1-4H,6H2,(H,18,19). The number of nitrogens with zero attached hydrogens (tertiary/aromatic N) is 2. The smallest absolute Gasteiger partial charge is 0.364 e. The van der Waals surface area contributed by atoms with E-state index in [9.17, 15) is 13.2 Å². The maximum absolute atomic E-state index is 12.6.